The van der Waals surface area contributed by atoms with E-state index in [9.17, 15) is 9.90 Å². The molecule has 1 aromatic carbocycles. The molecule has 94 valence electrons. The molecule has 0 saturated heterocycles. The molecular weight excluding hydrogens is 224 g/mol. The van der Waals surface area contributed by atoms with Crippen LogP contribution in [0.5, 0.6) is 11.5 Å². The van der Waals surface area contributed by atoms with Gasteiger partial charge in [0.05, 0.1) is 13.2 Å². The van der Waals surface area contributed by atoms with Gasteiger partial charge in [-0.15, -0.1) is 0 Å². The molecule has 1 aromatic rings. The van der Waals surface area contributed by atoms with Crippen LogP contribution >= 0.6 is 0 Å². The van der Waals surface area contributed by atoms with Crippen LogP contribution in [0.4, 0.5) is 0 Å². The Morgan fingerprint density at radius 2 is 2.06 bits per heavy atom. The van der Waals surface area contributed by atoms with E-state index in [2.05, 4.69) is 5.32 Å². The number of benzene rings is 1. The third kappa shape index (κ3) is 4.29. The Morgan fingerprint density at radius 3 is 2.71 bits per heavy atom. The molecule has 0 heterocycles. The maximum atomic E-state index is 11.6. The van der Waals surface area contributed by atoms with E-state index >= 15 is 0 Å². The van der Waals surface area contributed by atoms with Crippen LogP contribution in [0.3, 0.4) is 0 Å². The summed E-state index contributed by atoms with van der Waals surface area (Å²) in [4.78, 5) is 11.6. The van der Waals surface area contributed by atoms with E-state index in [1.54, 1.807) is 0 Å². The summed E-state index contributed by atoms with van der Waals surface area (Å²) in [7, 11) is 0. The van der Waals surface area contributed by atoms with Crippen LogP contribution < -0.4 is 11.1 Å². The topological polar surface area (TPSA) is 105 Å². The van der Waals surface area contributed by atoms with Crippen molar-refractivity contribution in [2.24, 2.45) is 5.73 Å². The van der Waals surface area contributed by atoms with Crippen molar-refractivity contribution >= 4 is 5.91 Å². The largest absolute Gasteiger partial charge is 0.504 e. The van der Waals surface area contributed by atoms with Gasteiger partial charge in [0, 0.05) is 18.7 Å². The second kappa shape index (κ2) is 6.72. The van der Waals surface area contributed by atoms with E-state index in [0.717, 1.165) is 0 Å². The number of phenolic OH excluding ortho intramolecular Hbond substituents is 2. The molecule has 17 heavy (non-hydrogen) atoms. The fraction of sp³-hybridized carbons (Fsp3) is 0.364. The number of nitrogens with one attached hydrogen (secondary N) is 1. The van der Waals surface area contributed by atoms with Crippen LogP contribution in [0.25, 0.3) is 0 Å². The quantitative estimate of drug-likeness (QED) is 0.407. The highest BCUT2D eigenvalue weighted by atomic mass is 16.5. The van der Waals surface area contributed by atoms with E-state index in [4.69, 9.17) is 15.6 Å². The lowest BCUT2D eigenvalue weighted by Gasteiger charge is -2.06. The molecule has 0 atom stereocenters. The number of phenols is 2. The van der Waals surface area contributed by atoms with Crippen LogP contribution in [-0.2, 0) is 4.74 Å². The smallest absolute Gasteiger partial charge is 0.251 e. The Bertz CT molecular complexity index is 382. The predicted octanol–water partition coefficient (Wildman–Crippen LogP) is -0.197. The number of rotatable bonds is 6. The molecule has 0 bridgehead atoms. The molecule has 0 fully saturated rings. The monoisotopic (exact) mass is 240 g/mol. The summed E-state index contributed by atoms with van der Waals surface area (Å²) in [6, 6.07) is 3.88. The van der Waals surface area contributed by atoms with Gasteiger partial charge in [0.2, 0.25) is 0 Å². The predicted molar refractivity (Wildman–Crippen MR) is 62.0 cm³/mol. The van der Waals surface area contributed by atoms with E-state index < -0.39 is 0 Å². The van der Waals surface area contributed by atoms with Gasteiger partial charge in [-0.1, -0.05) is 0 Å². The van der Waals surface area contributed by atoms with Gasteiger partial charge in [-0.2, -0.15) is 0 Å². The van der Waals surface area contributed by atoms with Crippen molar-refractivity contribution in [3.05, 3.63) is 23.8 Å². The zero-order valence-electron chi connectivity index (χ0n) is 9.35. The first-order valence-corrected chi connectivity index (χ1v) is 5.23. The van der Waals surface area contributed by atoms with Crippen LogP contribution in [0, 0.1) is 0 Å². The lowest BCUT2D eigenvalue weighted by atomic mass is 10.2. The van der Waals surface area contributed by atoms with Gasteiger partial charge in [-0.3, -0.25) is 4.79 Å². The molecule has 5 N–H and O–H groups in total. The van der Waals surface area contributed by atoms with Crippen LogP contribution in [0.1, 0.15) is 10.4 Å². The molecule has 6 nitrogen and oxygen atoms in total. The molecule has 1 rings (SSSR count). The number of aromatic hydroxyl groups is 2. The second-order valence-corrected chi connectivity index (χ2v) is 3.36. The first-order valence-electron chi connectivity index (χ1n) is 5.23. The van der Waals surface area contributed by atoms with Crippen LogP contribution in [0.15, 0.2) is 18.2 Å². The first kappa shape index (κ1) is 13.3. The maximum Gasteiger partial charge on any atom is 0.251 e. The van der Waals surface area contributed by atoms with Gasteiger partial charge >= 0.3 is 0 Å². The van der Waals surface area contributed by atoms with Gasteiger partial charge in [-0.25, -0.2) is 0 Å². The third-order valence-corrected chi connectivity index (χ3v) is 2.03. The Hall–Kier alpha value is -1.79. The van der Waals surface area contributed by atoms with Crippen LogP contribution in [0.2, 0.25) is 0 Å². The van der Waals surface area contributed by atoms with Gasteiger partial charge in [0.1, 0.15) is 0 Å². The normalized spacial score (nSPS) is 10.2. The fourth-order valence-corrected chi connectivity index (χ4v) is 1.19. The number of hydrogen-bond acceptors (Lipinski definition) is 5. The second-order valence-electron chi connectivity index (χ2n) is 3.36. The zero-order chi connectivity index (χ0) is 12.7. The van der Waals surface area contributed by atoms with E-state index in [1.807, 2.05) is 0 Å². The summed E-state index contributed by atoms with van der Waals surface area (Å²) in [5, 5.41) is 20.9. The highest BCUT2D eigenvalue weighted by Crippen LogP contribution is 2.24. The minimum atomic E-state index is -0.336. The van der Waals surface area contributed by atoms with Crippen molar-refractivity contribution in [2.75, 3.05) is 26.3 Å². The minimum Gasteiger partial charge on any atom is -0.504 e. The summed E-state index contributed by atoms with van der Waals surface area (Å²) < 4.78 is 5.08. The Kier molecular flexibility index (Phi) is 5.25. The van der Waals surface area contributed by atoms with Crippen LogP contribution in [-0.4, -0.2) is 42.4 Å². The Balaban J connectivity index is 2.39. The number of nitrogens with two attached hydrogens (primary N) is 1. The molecule has 0 spiro atoms. The molecular formula is C11H16N2O4. The summed E-state index contributed by atoms with van der Waals surface area (Å²) in [5.74, 6) is -0.915. The molecule has 0 unspecified atom stereocenters. The van der Waals surface area contributed by atoms with Crippen molar-refractivity contribution in [1.82, 2.24) is 5.32 Å². The summed E-state index contributed by atoms with van der Waals surface area (Å²) in [5.41, 5.74) is 5.51. The average molecular weight is 240 g/mol. The van der Waals surface area contributed by atoms with E-state index in [0.29, 0.717) is 26.3 Å². The number of hydrogen-bond donors (Lipinski definition) is 4. The molecule has 1 amide bonds. The Labute approximate surface area is 99.0 Å². The van der Waals surface area contributed by atoms with Crippen molar-refractivity contribution in [2.45, 2.75) is 0 Å². The number of ether oxygens (including phenoxy) is 1. The van der Waals surface area contributed by atoms with Gasteiger partial charge in [0.25, 0.3) is 5.91 Å². The molecule has 0 radical (unpaired) electrons. The molecule has 6 heteroatoms. The molecule has 0 aliphatic heterocycles. The minimum absolute atomic E-state index is 0.257. The van der Waals surface area contributed by atoms with Crippen molar-refractivity contribution in [3.63, 3.8) is 0 Å². The fourth-order valence-electron chi connectivity index (χ4n) is 1.19. The van der Waals surface area contributed by atoms with Gasteiger partial charge < -0.3 is 26.0 Å². The number of carbonyl (C=O) groups is 1. The average Bonchev–Trinajstić information content (AvgIpc) is 2.32. The highest BCUT2D eigenvalue weighted by Gasteiger charge is 2.07. The number of amides is 1. The first-order chi connectivity index (χ1) is 8.15. The standard InChI is InChI=1S/C11H16N2O4/c12-3-5-17-6-4-13-11(16)8-1-2-9(14)10(15)7-8/h1-2,7,14-15H,3-6,12H2,(H,13,16). The van der Waals surface area contributed by atoms with Gasteiger partial charge in [-0.05, 0) is 18.2 Å². The zero-order valence-corrected chi connectivity index (χ0v) is 9.35. The summed E-state index contributed by atoms with van der Waals surface area (Å²) >= 11 is 0. The number of carbonyl (C=O) groups excluding carboxylic acids is 1. The summed E-state index contributed by atoms with van der Waals surface area (Å²) in [6.45, 7) is 1.64. The van der Waals surface area contributed by atoms with Crippen molar-refractivity contribution < 1.29 is 19.7 Å². The molecule has 0 saturated carbocycles. The lowest BCUT2D eigenvalue weighted by Crippen LogP contribution is -2.27. The van der Waals surface area contributed by atoms with Gasteiger partial charge in [0.15, 0.2) is 11.5 Å². The highest BCUT2D eigenvalue weighted by molar-refractivity contribution is 5.94. The molecule has 0 aliphatic carbocycles. The Morgan fingerprint density at radius 1 is 1.29 bits per heavy atom. The van der Waals surface area contributed by atoms with E-state index in [-0.39, 0.29) is 23.0 Å². The molecule has 0 aliphatic rings. The molecule has 0 aromatic heterocycles. The van der Waals surface area contributed by atoms with E-state index in [1.165, 1.54) is 18.2 Å². The lowest BCUT2D eigenvalue weighted by molar-refractivity contribution is 0.0919. The SMILES string of the molecule is NCCOCCNC(=O)c1ccc(O)c(O)c1. The summed E-state index contributed by atoms with van der Waals surface area (Å²) in [6.07, 6.45) is 0. The third-order valence-electron chi connectivity index (χ3n) is 2.03. The van der Waals surface area contributed by atoms with Crippen molar-refractivity contribution in [3.8, 4) is 11.5 Å². The maximum absolute atomic E-state index is 11.6. The van der Waals surface area contributed by atoms with Crippen molar-refractivity contribution in [1.29, 1.82) is 0 Å².